The van der Waals surface area contributed by atoms with Crippen molar-refractivity contribution >= 4 is 40.9 Å². The number of nitrogens with one attached hydrogen (secondary N) is 3. The Labute approximate surface area is 172 Å². The van der Waals surface area contributed by atoms with Gasteiger partial charge in [0.15, 0.2) is 0 Å². The van der Waals surface area contributed by atoms with Crippen molar-refractivity contribution in [1.82, 2.24) is 15.7 Å². The molecule has 160 valence electrons. The molecule has 2 amide bonds. The lowest BCUT2D eigenvalue weighted by Crippen LogP contribution is -2.32. The molecule has 0 saturated heterocycles. The quantitative estimate of drug-likeness (QED) is 0.110. The first-order valence-corrected chi connectivity index (χ1v) is 9.55. The average Bonchev–Trinajstić information content (AvgIpc) is 3.11. The molecule has 30 heavy (non-hydrogen) atoms. The number of rotatable bonds is 11. The molecule has 2 rings (SSSR count). The van der Waals surface area contributed by atoms with Crippen LogP contribution in [0.3, 0.4) is 0 Å². The topological polar surface area (TPSA) is 150 Å². The lowest BCUT2D eigenvalue weighted by atomic mass is 10.2. The minimum Gasteiger partial charge on any atom is -0.476 e. The van der Waals surface area contributed by atoms with Crippen molar-refractivity contribution in [2.24, 2.45) is 5.10 Å². The Morgan fingerprint density at radius 1 is 1.20 bits per heavy atom. The van der Waals surface area contributed by atoms with E-state index in [1.54, 1.807) is 24.4 Å². The number of ether oxygens (including phenoxy) is 1. The molecule has 0 unspecified atom stereocenters. The molecular weight excluding hydrogens is 392 g/mol. The molecule has 0 fully saturated rings. The highest BCUT2D eigenvalue weighted by atomic mass is 16.5. The highest BCUT2D eigenvalue weighted by molar-refractivity contribution is 6.32. The van der Waals surface area contributed by atoms with Crippen molar-refractivity contribution < 1.29 is 29.0 Å². The number of carboxylic acids is 1. The number of amides is 2. The van der Waals surface area contributed by atoms with Gasteiger partial charge in [-0.05, 0) is 24.6 Å². The summed E-state index contributed by atoms with van der Waals surface area (Å²) < 4.78 is 5.16. The number of Topliss-reactive ketones (excluding diaryl/α,β-unsaturated/α-hetero) is 1. The SMILES string of the molecule is CCCCCNC(=O)N/N=C/c1c[nH]c2ccc(OC(=O)CCC(=O)C(=O)O)cc12. The third kappa shape index (κ3) is 7.04. The lowest BCUT2D eigenvalue weighted by molar-refractivity contribution is -0.149. The van der Waals surface area contributed by atoms with Crippen LogP contribution in [-0.2, 0) is 14.4 Å². The van der Waals surface area contributed by atoms with E-state index in [-0.39, 0.29) is 12.2 Å². The fourth-order valence-corrected chi connectivity index (χ4v) is 2.57. The number of aromatic nitrogens is 1. The first-order chi connectivity index (χ1) is 14.4. The van der Waals surface area contributed by atoms with Gasteiger partial charge in [0.05, 0.1) is 12.6 Å². The highest BCUT2D eigenvalue weighted by Gasteiger charge is 2.15. The Morgan fingerprint density at radius 3 is 2.73 bits per heavy atom. The number of aliphatic carboxylic acids is 1. The summed E-state index contributed by atoms with van der Waals surface area (Å²) in [5.74, 6) is -3.10. The maximum absolute atomic E-state index is 11.8. The molecule has 0 bridgehead atoms. The molecule has 1 aromatic heterocycles. The van der Waals surface area contributed by atoms with Crippen LogP contribution in [0.15, 0.2) is 29.5 Å². The predicted octanol–water partition coefficient (Wildman–Crippen LogP) is 2.33. The summed E-state index contributed by atoms with van der Waals surface area (Å²) in [7, 11) is 0. The van der Waals surface area contributed by atoms with Crippen molar-refractivity contribution in [3.8, 4) is 5.75 Å². The van der Waals surface area contributed by atoms with Crippen molar-refractivity contribution in [1.29, 1.82) is 0 Å². The van der Waals surface area contributed by atoms with E-state index in [1.807, 2.05) is 0 Å². The Kier molecular flexibility index (Phi) is 8.55. The zero-order chi connectivity index (χ0) is 21.9. The Balaban J connectivity index is 1.94. The van der Waals surface area contributed by atoms with Gasteiger partial charge < -0.3 is 20.1 Å². The van der Waals surface area contributed by atoms with Gasteiger partial charge in [-0.2, -0.15) is 5.10 Å². The molecule has 10 nitrogen and oxygen atoms in total. The third-order valence-corrected chi connectivity index (χ3v) is 4.15. The number of esters is 1. The zero-order valence-electron chi connectivity index (χ0n) is 16.6. The van der Waals surface area contributed by atoms with E-state index in [9.17, 15) is 19.2 Å². The fraction of sp³-hybridized carbons (Fsp3) is 0.350. The number of hydrogen-bond acceptors (Lipinski definition) is 6. The number of unbranched alkanes of at least 4 members (excludes halogenated alkanes) is 2. The van der Waals surface area contributed by atoms with Gasteiger partial charge in [-0.25, -0.2) is 15.0 Å². The molecule has 0 atom stereocenters. The van der Waals surface area contributed by atoms with E-state index in [0.717, 1.165) is 24.8 Å². The number of hydrogen-bond donors (Lipinski definition) is 4. The van der Waals surface area contributed by atoms with E-state index in [4.69, 9.17) is 9.84 Å². The minimum absolute atomic E-state index is 0.242. The van der Waals surface area contributed by atoms with E-state index in [2.05, 4.69) is 27.8 Å². The summed E-state index contributed by atoms with van der Waals surface area (Å²) in [5, 5.41) is 15.8. The largest absolute Gasteiger partial charge is 0.476 e. The number of nitrogens with zero attached hydrogens (tertiary/aromatic N) is 1. The molecule has 0 aliphatic carbocycles. The number of benzene rings is 1. The van der Waals surface area contributed by atoms with Crippen LogP contribution in [0.25, 0.3) is 10.9 Å². The second kappa shape index (κ2) is 11.3. The minimum atomic E-state index is -1.58. The van der Waals surface area contributed by atoms with Gasteiger partial charge >= 0.3 is 18.0 Å². The van der Waals surface area contributed by atoms with Crippen molar-refractivity contribution in [3.05, 3.63) is 30.0 Å². The van der Waals surface area contributed by atoms with Gasteiger partial charge in [-0.1, -0.05) is 19.8 Å². The second-order valence-electron chi connectivity index (χ2n) is 6.49. The maximum Gasteiger partial charge on any atom is 0.372 e. The molecule has 1 aromatic carbocycles. The Bertz CT molecular complexity index is 950. The normalized spacial score (nSPS) is 10.8. The van der Waals surface area contributed by atoms with E-state index in [1.165, 1.54) is 6.21 Å². The molecule has 4 N–H and O–H groups in total. The van der Waals surface area contributed by atoms with Crippen LogP contribution in [0.2, 0.25) is 0 Å². The molecule has 2 aromatic rings. The first-order valence-electron chi connectivity index (χ1n) is 9.55. The van der Waals surface area contributed by atoms with E-state index in [0.29, 0.717) is 17.5 Å². The van der Waals surface area contributed by atoms with Crippen molar-refractivity contribution in [2.45, 2.75) is 39.0 Å². The summed E-state index contributed by atoms with van der Waals surface area (Å²) in [5.41, 5.74) is 3.81. The number of hydrazone groups is 1. The summed E-state index contributed by atoms with van der Waals surface area (Å²) in [6.45, 7) is 2.66. The molecule has 0 spiro atoms. The molecule has 10 heteroatoms. The molecule has 0 radical (unpaired) electrons. The lowest BCUT2D eigenvalue weighted by Gasteiger charge is -2.04. The number of urea groups is 1. The number of carbonyl (C=O) groups is 4. The number of carboxylic acid groups (broad SMARTS) is 1. The van der Waals surface area contributed by atoms with Gasteiger partial charge in [0, 0.05) is 35.6 Å². The standard InChI is InChI=1S/C20H24N4O6/c1-2-3-4-9-21-20(29)24-23-12-13-11-22-16-6-5-14(10-15(13)16)30-18(26)8-7-17(25)19(27)28/h5-6,10-12,22H,2-4,7-9H2,1H3,(H,27,28)(H2,21,24,29)/b23-12+. The number of ketones is 1. The van der Waals surface area contributed by atoms with Crippen LogP contribution in [0.4, 0.5) is 4.79 Å². The Hall–Kier alpha value is -3.69. The van der Waals surface area contributed by atoms with Gasteiger partial charge in [-0.3, -0.25) is 9.59 Å². The molecule has 1 heterocycles. The van der Waals surface area contributed by atoms with E-state index >= 15 is 0 Å². The maximum atomic E-state index is 11.8. The second-order valence-corrected chi connectivity index (χ2v) is 6.49. The van der Waals surface area contributed by atoms with Crippen LogP contribution in [0, 0.1) is 0 Å². The third-order valence-electron chi connectivity index (χ3n) is 4.15. The van der Waals surface area contributed by atoms with Crippen molar-refractivity contribution in [3.63, 3.8) is 0 Å². The highest BCUT2D eigenvalue weighted by Crippen LogP contribution is 2.23. The fourth-order valence-electron chi connectivity index (χ4n) is 2.57. The van der Waals surface area contributed by atoms with E-state index < -0.39 is 30.2 Å². The number of carbonyl (C=O) groups excluding carboxylic acids is 3. The van der Waals surface area contributed by atoms with Crippen LogP contribution >= 0.6 is 0 Å². The molecule has 0 aliphatic rings. The first kappa shape index (κ1) is 22.6. The number of H-pyrrole nitrogens is 1. The molecular formula is C20H24N4O6. The van der Waals surface area contributed by atoms with Crippen LogP contribution < -0.4 is 15.5 Å². The number of fused-ring (bicyclic) bond motifs is 1. The van der Waals surface area contributed by atoms with Gasteiger partial charge in [-0.15, -0.1) is 0 Å². The van der Waals surface area contributed by atoms with Gasteiger partial charge in [0.2, 0.25) is 5.78 Å². The molecule has 0 aliphatic heterocycles. The number of aromatic amines is 1. The summed E-state index contributed by atoms with van der Waals surface area (Å²) in [6, 6.07) is 4.48. The Morgan fingerprint density at radius 2 is 2.00 bits per heavy atom. The van der Waals surface area contributed by atoms with Crippen molar-refractivity contribution in [2.75, 3.05) is 6.54 Å². The monoisotopic (exact) mass is 416 g/mol. The summed E-state index contributed by atoms with van der Waals surface area (Å²) in [4.78, 5) is 48.1. The van der Waals surface area contributed by atoms with Crippen LogP contribution in [0.5, 0.6) is 5.75 Å². The molecule has 0 saturated carbocycles. The smallest absolute Gasteiger partial charge is 0.372 e. The summed E-state index contributed by atoms with van der Waals surface area (Å²) >= 11 is 0. The zero-order valence-corrected chi connectivity index (χ0v) is 16.6. The predicted molar refractivity (Wildman–Crippen MR) is 109 cm³/mol. The van der Waals surface area contributed by atoms with Crippen LogP contribution in [-0.4, -0.2) is 46.6 Å². The summed E-state index contributed by atoms with van der Waals surface area (Å²) in [6.07, 6.45) is 5.41. The van der Waals surface area contributed by atoms with Gasteiger partial charge in [0.25, 0.3) is 0 Å². The van der Waals surface area contributed by atoms with Crippen LogP contribution in [0.1, 0.15) is 44.6 Å². The average molecular weight is 416 g/mol. The van der Waals surface area contributed by atoms with Gasteiger partial charge in [0.1, 0.15) is 5.75 Å².